The van der Waals surface area contributed by atoms with Gasteiger partial charge in [0.1, 0.15) is 5.56 Å². The molecule has 1 aliphatic rings. The van der Waals surface area contributed by atoms with Crippen molar-refractivity contribution in [3.63, 3.8) is 0 Å². The summed E-state index contributed by atoms with van der Waals surface area (Å²) in [6.45, 7) is 2.69. The molecule has 0 unspecified atom stereocenters. The Hall–Kier alpha value is -2.11. The Labute approximate surface area is 116 Å². The third kappa shape index (κ3) is 2.89. The molecule has 1 aliphatic heterocycles. The lowest BCUT2D eigenvalue weighted by atomic mass is 9.96. The van der Waals surface area contributed by atoms with Gasteiger partial charge in [-0.05, 0) is 19.8 Å². The molecule has 1 amide bonds. The minimum Gasteiger partial charge on any atom is -0.469 e. The first kappa shape index (κ1) is 14.3. The molecule has 2 rings (SSSR count). The molecule has 20 heavy (non-hydrogen) atoms. The van der Waals surface area contributed by atoms with Crippen LogP contribution in [0.1, 0.15) is 28.9 Å². The lowest BCUT2D eigenvalue weighted by molar-refractivity contribution is -0.146. The molecule has 6 heteroatoms. The van der Waals surface area contributed by atoms with E-state index in [9.17, 15) is 14.4 Å². The van der Waals surface area contributed by atoms with Crippen LogP contribution in [0.3, 0.4) is 0 Å². The van der Waals surface area contributed by atoms with Crippen molar-refractivity contribution in [2.24, 2.45) is 5.92 Å². The number of amides is 1. The highest BCUT2D eigenvalue weighted by molar-refractivity contribution is 5.94. The van der Waals surface area contributed by atoms with Gasteiger partial charge in [-0.25, -0.2) is 0 Å². The van der Waals surface area contributed by atoms with Crippen molar-refractivity contribution >= 4 is 11.9 Å². The molecule has 0 aromatic carbocycles. The van der Waals surface area contributed by atoms with Crippen LogP contribution in [0.25, 0.3) is 0 Å². The fourth-order valence-electron chi connectivity index (χ4n) is 2.40. The largest absolute Gasteiger partial charge is 0.469 e. The predicted molar refractivity (Wildman–Crippen MR) is 72.4 cm³/mol. The van der Waals surface area contributed by atoms with Crippen LogP contribution in [0.4, 0.5) is 0 Å². The molecule has 1 saturated heterocycles. The van der Waals surface area contributed by atoms with Crippen molar-refractivity contribution in [2.75, 3.05) is 20.2 Å². The number of nitrogens with one attached hydrogen (secondary N) is 1. The van der Waals surface area contributed by atoms with Crippen LogP contribution in [0, 0.1) is 12.8 Å². The van der Waals surface area contributed by atoms with Crippen LogP contribution < -0.4 is 5.43 Å². The Kier molecular flexibility index (Phi) is 4.22. The van der Waals surface area contributed by atoms with Crippen molar-refractivity contribution in [1.29, 1.82) is 0 Å². The predicted octanol–water partition coefficient (Wildman–Crippen LogP) is 0.709. The number of aryl methyl sites for hydroxylation is 1. The highest BCUT2D eigenvalue weighted by Gasteiger charge is 2.29. The highest BCUT2D eigenvalue weighted by atomic mass is 16.5. The Morgan fingerprint density at radius 2 is 2.00 bits per heavy atom. The second-order valence-electron chi connectivity index (χ2n) is 4.98. The van der Waals surface area contributed by atoms with E-state index < -0.39 is 0 Å². The van der Waals surface area contributed by atoms with Gasteiger partial charge in [-0.15, -0.1) is 0 Å². The van der Waals surface area contributed by atoms with Crippen molar-refractivity contribution in [3.8, 4) is 0 Å². The van der Waals surface area contributed by atoms with Gasteiger partial charge in [0.2, 0.25) is 0 Å². The first-order chi connectivity index (χ1) is 9.52. The lowest BCUT2D eigenvalue weighted by Crippen LogP contribution is -2.42. The number of nitrogens with zero attached hydrogens (tertiary/aromatic N) is 1. The van der Waals surface area contributed by atoms with Crippen LogP contribution in [-0.2, 0) is 9.53 Å². The number of likely N-dealkylation sites (tertiary alicyclic amines) is 1. The van der Waals surface area contributed by atoms with E-state index >= 15 is 0 Å². The summed E-state index contributed by atoms with van der Waals surface area (Å²) in [5.41, 5.74) is 0.587. The van der Waals surface area contributed by atoms with Gasteiger partial charge in [0.15, 0.2) is 5.43 Å². The number of rotatable bonds is 2. The normalized spacial score (nSPS) is 16.0. The van der Waals surface area contributed by atoms with E-state index in [4.69, 9.17) is 4.74 Å². The van der Waals surface area contributed by atoms with Crippen molar-refractivity contribution in [1.82, 2.24) is 9.88 Å². The van der Waals surface area contributed by atoms with Gasteiger partial charge < -0.3 is 14.6 Å². The lowest BCUT2D eigenvalue weighted by Gasteiger charge is -2.30. The minimum atomic E-state index is -0.283. The van der Waals surface area contributed by atoms with Crippen molar-refractivity contribution < 1.29 is 14.3 Å². The first-order valence-corrected chi connectivity index (χ1v) is 6.59. The van der Waals surface area contributed by atoms with Gasteiger partial charge in [-0.1, -0.05) is 0 Å². The molecule has 1 aromatic heterocycles. The summed E-state index contributed by atoms with van der Waals surface area (Å²) >= 11 is 0. The fourth-order valence-corrected chi connectivity index (χ4v) is 2.40. The van der Waals surface area contributed by atoms with Crippen LogP contribution >= 0.6 is 0 Å². The van der Waals surface area contributed by atoms with E-state index in [0.29, 0.717) is 25.9 Å². The summed E-state index contributed by atoms with van der Waals surface area (Å²) in [4.78, 5) is 40.0. The zero-order valence-electron chi connectivity index (χ0n) is 11.6. The number of carbonyl (C=O) groups excluding carboxylic acids is 2. The summed E-state index contributed by atoms with van der Waals surface area (Å²) in [7, 11) is 1.37. The minimum absolute atomic E-state index is 0.145. The number of aromatic amines is 1. The Balaban J connectivity index is 2.05. The number of hydrogen-bond donors (Lipinski definition) is 1. The average molecular weight is 278 g/mol. The monoisotopic (exact) mass is 278 g/mol. The number of hydrogen-bond acceptors (Lipinski definition) is 4. The Bertz CT molecular complexity index is 571. The number of piperidine rings is 1. The molecular formula is C14H18N2O4. The van der Waals surface area contributed by atoms with Crippen LogP contribution in [0.5, 0.6) is 0 Å². The van der Waals surface area contributed by atoms with Crippen molar-refractivity contribution in [3.05, 3.63) is 33.7 Å². The molecule has 0 saturated carbocycles. The molecular weight excluding hydrogens is 260 g/mol. The van der Waals surface area contributed by atoms with E-state index in [1.54, 1.807) is 11.8 Å². The molecule has 1 aromatic rings. The third-order valence-corrected chi connectivity index (χ3v) is 3.60. The van der Waals surface area contributed by atoms with Crippen LogP contribution in [-0.4, -0.2) is 42.0 Å². The first-order valence-electron chi connectivity index (χ1n) is 6.59. The zero-order valence-corrected chi connectivity index (χ0v) is 11.6. The SMILES string of the molecule is COC(=O)C1CCN(C(=O)c2c[nH]c(C)cc2=O)CC1. The number of aromatic nitrogens is 1. The summed E-state index contributed by atoms with van der Waals surface area (Å²) in [6, 6.07) is 1.41. The molecule has 0 spiro atoms. The number of esters is 1. The maximum Gasteiger partial charge on any atom is 0.308 e. The molecule has 0 atom stereocenters. The Morgan fingerprint density at radius 3 is 2.55 bits per heavy atom. The van der Waals surface area contributed by atoms with Gasteiger partial charge in [-0.3, -0.25) is 14.4 Å². The molecule has 1 N–H and O–H groups in total. The molecule has 0 bridgehead atoms. The van der Waals surface area contributed by atoms with E-state index in [1.165, 1.54) is 19.4 Å². The van der Waals surface area contributed by atoms with Crippen molar-refractivity contribution in [2.45, 2.75) is 19.8 Å². The highest BCUT2D eigenvalue weighted by Crippen LogP contribution is 2.19. The summed E-state index contributed by atoms with van der Waals surface area (Å²) in [5.74, 6) is -0.666. The quantitative estimate of drug-likeness (QED) is 0.808. The van der Waals surface area contributed by atoms with Gasteiger partial charge >= 0.3 is 5.97 Å². The fraction of sp³-hybridized carbons (Fsp3) is 0.500. The van der Waals surface area contributed by atoms with Crippen LogP contribution in [0.15, 0.2) is 17.1 Å². The van der Waals surface area contributed by atoms with Gasteiger partial charge in [0.05, 0.1) is 13.0 Å². The number of carbonyl (C=O) groups is 2. The number of pyridine rings is 1. The molecule has 1 fully saturated rings. The standard InChI is InChI=1S/C14H18N2O4/c1-9-7-12(17)11(8-15-9)13(18)16-5-3-10(4-6-16)14(19)20-2/h7-8,10H,3-6H2,1-2H3,(H,15,17). The molecule has 108 valence electrons. The van der Waals surface area contributed by atoms with Crippen LogP contribution in [0.2, 0.25) is 0 Å². The topological polar surface area (TPSA) is 79.5 Å². The number of methoxy groups -OCH3 is 1. The number of ether oxygens (including phenoxy) is 1. The molecule has 6 nitrogen and oxygen atoms in total. The molecule has 0 radical (unpaired) electrons. The third-order valence-electron chi connectivity index (χ3n) is 3.60. The summed E-state index contributed by atoms with van der Waals surface area (Å²) in [6.07, 6.45) is 2.59. The van der Waals surface area contributed by atoms with Gasteiger partial charge in [0.25, 0.3) is 5.91 Å². The van der Waals surface area contributed by atoms with Gasteiger partial charge in [0, 0.05) is 31.0 Å². The molecule has 0 aliphatic carbocycles. The van der Waals surface area contributed by atoms with Gasteiger partial charge in [-0.2, -0.15) is 0 Å². The van der Waals surface area contributed by atoms with E-state index in [0.717, 1.165) is 5.69 Å². The zero-order chi connectivity index (χ0) is 14.7. The van der Waals surface area contributed by atoms with E-state index in [1.807, 2.05) is 0 Å². The Morgan fingerprint density at radius 1 is 1.35 bits per heavy atom. The maximum absolute atomic E-state index is 12.3. The summed E-state index contributed by atoms with van der Waals surface area (Å²) in [5, 5.41) is 0. The maximum atomic E-state index is 12.3. The number of H-pyrrole nitrogens is 1. The van der Waals surface area contributed by atoms with E-state index in [-0.39, 0.29) is 28.8 Å². The second-order valence-corrected chi connectivity index (χ2v) is 4.98. The van der Waals surface area contributed by atoms with E-state index in [2.05, 4.69) is 4.98 Å². The molecule has 2 heterocycles. The average Bonchev–Trinajstić information content (AvgIpc) is 2.46. The smallest absolute Gasteiger partial charge is 0.308 e. The second kappa shape index (κ2) is 5.90. The summed E-state index contributed by atoms with van der Waals surface area (Å²) < 4.78 is 4.70.